The van der Waals surface area contributed by atoms with Gasteiger partial charge < -0.3 is 10.1 Å². The van der Waals surface area contributed by atoms with Crippen LogP contribution in [0.15, 0.2) is 59.4 Å². The maximum atomic E-state index is 13.7. The summed E-state index contributed by atoms with van der Waals surface area (Å²) in [6, 6.07) is 14.0. The van der Waals surface area contributed by atoms with Gasteiger partial charge in [-0.05, 0) is 37.6 Å². The molecule has 3 aromatic rings. The Balaban J connectivity index is 1.73. The molecule has 0 radical (unpaired) electrons. The molecule has 1 aromatic heterocycles. The van der Waals surface area contributed by atoms with Crippen LogP contribution in [0.1, 0.15) is 18.1 Å². The molecular weight excluding hydrogens is 397 g/mol. The molecule has 29 heavy (non-hydrogen) atoms. The number of nitrogens with zero attached hydrogens (tertiary/aromatic N) is 2. The van der Waals surface area contributed by atoms with Gasteiger partial charge in [0.2, 0.25) is 5.88 Å². The summed E-state index contributed by atoms with van der Waals surface area (Å²) in [6.07, 6.45) is -0.902. The average Bonchev–Trinajstić information content (AvgIpc) is 2.70. The van der Waals surface area contributed by atoms with E-state index in [9.17, 15) is 14.0 Å². The summed E-state index contributed by atoms with van der Waals surface area (Å²) in [7, 11) is 0. The van der Waals surface area contributed by atoms with Crippen molar-refractivity contribution in [2.45, 2.75) is 26.5 Å². The first-order chi connectivity index (χ1) is 13.8. The highest BCUT2D eigenvalue weighted by molar-refractivity contribution is 6.30. The minimum absolute atomic E-state index is 0.0356. The van der Waals surface area contributed by atoms with Gasteiger partial charge in [0, 0.05) is 29.3 Å². The first-order valence-corrected chi connectivity index (χ1v) is 9.27. The molecule has 1 heterocycles. The first kappa shape index (κ1) is 20.5. The zero-order valence-electron chi connectivity index (χ0n) is 15.9. The zero-order chi connectivity index (χ0) is 21.0. The van der Waals surface area contributed by atoms with Gasteiger partial charge in [0.1, 0.15) is 5.82 Å². The molecule has 0 unspecified atom stereocenters. The highest BCUT2D eigenvalue weighted by atomic mass is 35.5. The fourth-order valence-corrected chi connectivity index (χ4v) is 2.81. The molecule has 0 aliphatic carbocycles. The Hall–Kier alpha value is -3.19. The monoisotopic (exact) mass is 415 g/mol. The highest BCUT2D eigenvalue weighted by Crippen LogP contribution is 2.18. The lowest BCUT2D eigenvalue weighted by Gasteiger charge is -2.15. The average molecular weight is 416 g/mol. The maximum Gasteiger partial charge on any atom is 0.271 e. The van der Waals surface area contributed by atoms with Crippen molar-refractivity contribution in [3.8, 4) is 11.6 Å². The van der Waals surface area contributed by atoms with E-state index in [-0.39, 0.29) is 18.0 Å². The molecule has 150 valence electrons. The van der Waals surface area contributed by atoms with Crippen molar-refractivity contribution >= 4 is 17.5 Å². The molecule has 0 aliphatic heterocycles. The van der Waals surface area contributed by atoms with E-state index in [2.05, 4.69) is 10.4 Å². The van der Waals surface area contributed by atoms with Gasteiger partial charge in [-0.25, -0.2) is 4.39 Å². The normalized spacial score (nSPS) is 11.7. The maximum absolute atomic E-state index is 13.7. The van der Waals surface area contributed by atoms with Crippen molar-refractivity contribution in [3.63, 3.8) is 0 Å². The number of carbonyl (C=O) groups is 1. The van der Waals surface area contributed by atoms with Gasteiger partial charge in [0.15, 0.2) is 6.10 Å². The summed E-state index contributed by atoms with van der Waals surface area (Å²) in [4.78, 5) is 24.5. The largest absolute Gasteiger partial charge is 0.464 e. The Kier molecular flexibility index (Phi) is 6.29. The second-order valence-electron chi connectivity index (χ2n) is 6.42. The number of rotatable bonds is 6. The molecule has 1 amide bonds. The van der Waals surface area contributed by atoms with Crippen molar-refractivity contribution < 1.29 is 13.9 Å². The molecule has 1 N–H and O–H groups in total. The molecule has 8 heteroatoms. The Morgan fingerprint density at radius 1 is 1.24 bits per heavy atom. The molecule has 0 spiro atoms. The van der Waals surface area contributed by atoms with Crippen molar-refractivity contribution in [1.29, 1.82) is 0 Å². The molecular formula is C21H19ClFN3O3. The van der Waals surface area contributed by atoms with Gasteiger partial charge in [-0.1, -0.05) is 35.9 Å². The Bertz CT molecular complexity index is 1100. The van der Waals surface area contributed by atoms with E-state index in [4.69, 9.17) is 16.3 Å². The second kappa shape index (κ2) is 8.87. The van der Waals surface area contributed by atoms with Crippen LogP contribution in [-0.2, 0) is 11.3 Å². The van der Waals surface area contributed by atoms with Gasteiger partial charge >= 0.3 is 0 Å². The summed E-state index contributed by atoms with van der Waals surface area (Å²) in [5.74, 6) is -0.740. The topological polar surface area (TPSA) is 73.2 Å². The fraction of sp³-hybridized carbons (Fsp3) is 0.190. The smallest absolute Gasteiger partial charge is 0.271 e. The van der Waals surface area contributed by atoms with Gasteiger partial charge in [-0.3, -0.25) is 9.59 Å². The predicted octanol–water partition coefficient (Wildman–Crippen LogP) is 3.42. The van der Waals surface area contributed by atoms with Crippen LogP contribution in [0.2, 0.25) is 5.02 Å². The molecule has 1 atom stereocenters. The van der Waals surface area contributed by atoms with Crippen molar-refractivity contribution in [3.05, 3.63) is 86.9 Å². The van der Waals surface area contributed by atoms with Crippen LogP contribution in [0.3, 0.4) is 0 Å². The Morgan fingerprint density at radius 3 is 2.76 bits per heavy atom. The number of benzene rings is 2. The third-order valence-corrected chi connectivity index (χ3v) is 4.49. The summed E-state index contributed by atoms with van der Waals surface area (Å²) >= 11 is 6.03. The van der Waals surface area contributed by atoms with Gasteiger partial charge in [0.05, 0.1) is 5.69 Å². The fourth-order valence-electron chi connectivity index (χ4n) is 2.64. The van der Waals surface area contributed by atoms with E-state index < -0.39 is 17.8 Å². The van der Waals surface area contributed by atoms with Crippen molar-refractivity contribution in [1.82, 2.24) is 15.1 Å². The minimum atomic E-state index is -0.902. The molecule has 0 aliphatic rings. The van der Waals surface area contributed by atoms with Crippen LogP contribution in [0.5, 0.6) is 5.88 Å². The molecule has 6 nitrogen and oxygen atoms in total. The number of nitrogens with one attached hydrogen (secondary N) is 1. The predicted molar refractivity (Wildman–Crippen MR) is 108 cm³/mol. The number of hydrogen-bond donors (Lipinski definition) is 1. The quantitative estimate of drug-likeness (QED) is 0.669. The van der Waals surface area contributed by atoms with Crippen molar-refractivity contribution in [2.75, 3.05) is 0 Å². The molecule has 3 rings (SSSR count). The van der Waals surface area contributed by atoms with E-state index in [1.807, 2.05) is 6.92 Å². The van der Waals surface area contributed by atoms with E-state index >= 15 is 0 Å². The minimum Gasteiger partial charge on any atom is -0.464 e. The van der Waals surface area contributed by atoms with E-state index in [0.29, 0.717) is 16.3 Å². The second-order valence-corrected chi connectivity index (χ2v) is 6.86. The van der Waals surface area contributed by atoms with Crippen LogP contribution in [0.4, 0.5) is 4.39 Å². The number of aryl methyl sites for hydroxylation is 1. The lowest BCUT2D eigenvalue weighted by molar-refractivity contribution is -0.127. The van der Waals surface area contributed by atoms with Crippen LogP contribution in [0, 0.1) is 12.7 Å². The standard InChI is InChI=1S/C21H19ClFN3O3/c1-13-7-8-16(22)11-18(13)26-20(27)10-9-19(25-26)29-14(2)21(28)24-12-15-5-3-4-6-17(15)23/h3-11,14H,12H2,1-2H3,(H,24,28)/t14-/m1/s1. The van der Waals surface area contributed by atoms with Crippen LogP contribution >= 0.6 is 11.6 Å². The number of halogens is 2. The van der Waals surface area contributed by atoms with E-state index in [1.165, 1.54) is 22.9 Å². The number of carbonyl (C=O) groups excluding carboxylic acids is 1. The lowest BCUT2D eigenvalue weighted by Crippen LogP contribution is -2.36. The third kappa shape index (κ3) is 5.00. The Morgan fingerprint density at radius 2 is 2.00 bits per heavy atom. The van der Waals surface area contributed by atoms with Gasteiger partial charge in [-0.2, -0.15) is 4.68 Å². The summed E-state index contributed by atoms with van der Waals surface area (Å²) in [5, 5.41) is 7.26. The van der Waals surface area contributed by atoms with E-state index in [1.54, 1.807) is 43.3 Å². The van der Waals surface area contributed by atoms with Crippen LogP contribution in [0.25, 0.3) is 5.69 Å². The number of amides is 1. The van der Waals surface area contributed by atoms with Crippen molar-refractivity contribution in [2.24, 2.45) is 0 Å². The van der Waals surface area contributed by atoms with Crippen LogP contribution < -0.4 is 15.6 Å². The number of aromatic nitrogens is 2. The lowest BCUT2D eigenvalue weighted by atomic mass is 10.2. The Labute approximate surface area is 171 Å². The molecule has 0 bridgehead atoms. The summed E-state index contributed by atoms with van der Waals surface area (Å²) < 4.78 is 20.4. The zero-order valence-corrected chi connectivity index (χ0v) is 16.6. The summed E-state index contributed by atoms with van der Waals surface area (Å²) in [6.45, 7) is 3.40. The number of hydrogen-bond acceptors (Lipinski definition) is 4. The molecule has 0 fully saturated rings. The summed E-state index contributed by atoms with van der Waals surface area (Å²) in [5.41, 5.74) is 1.33. The SMILES string of the molecule is Cc1ccc(Cl)cc1-n1nc(O[C@H](C)C(=O)NCc2ccccc2F)ccc1=O. The molecule has 2 aromatic carbocycles. The third-order valence-electron chi connectivity index (χ3n) is 4.25. The first-order valence-electron chi connectivity index (χ1n) is 8.90. The molecule has 0 saturated heterocycles. The van der Waals surface area contributed by atoms with Gasteiger partial charge in [0.25, 0.3) is 11.5 Å². The molecule has 0 saturated carbocycles. The number of ether oxygens (including phenoxy) is 1. The van der Waals surface area contributed by atoms with Crippen LogP contribution in [-0.4, -0.2) is 21.8 Å². The van der Waals surface area contributed by atoms with Gasteiger partial charge in [-0.15, -0.1) is 5.10 Å². The highest BCUT2D eigenvalue weighted by Gasteiger charge is 2.17. The van der Waals surface area contributed by atoms with E-state index in [0.717, 1.165) is 5.56 Å².